The number of aromatic nitrogens is 2. The van der Waals surface area contributed by atoms with Gasteiger partial charge in [0.05, 0.1) is 26.0 Å². The van der Waals surface area contributed by atoms with E-state index in [2.05, 4.69) is 9.97 Å². The Bertz CT molecular complexity index is 714. The number of halogens is 1. The highest BCUT2D eigenvalue weighted by Crippen LogP contribution is 2.31. The van der Waals surface area contributed by atoms with Crippen LogP contribution in [0, 0.1) is 11.7 Å². The van der Waals surface area contributed by atoms with Gasteiger partial charge in [0.25, 0.3) is 0 Å². The molecule has 1 saturated heterocycles. The van der Waals surface area contributed by atoms with Crippen molar-refractivity contribution in [3.63, 3.8) is 0 Å². The molecule has 2 heterocycles. The van der Waals surface area contributed by atoms with Crippen LogP contribution in [-0.2, 0) is 13.0 Å². The van der Waals surface area contributed by atoms with E-state index >= 15 is 0 Å². The first-order valence-electron chi connectivity index (χ1n) is 8.16. The molecule has 0 spiro atoms. The molecule has 0 saturated carbocycles. The average Bonchev–Trinajstić information content (AvgIpc) is 2.96. The first-order valence-corrected chi connectivity index (χ1v) is 8.16. The Hall–Kier alpha value is -2.25. The molecule has 3 rings (SSSR count). The summed E-state index contributed by atoms with van der Waals surface area (Å²) in [6.45, 7) is 1.57. The van der Waals surface area contributed by atoms with E-state index in [9.17, 15) is 9.50 Å². The number of ether oxygens (including phenoxy) is 2. The highest BCUT2D eigenvalue weighted by molar-refractivity contribution is 5.43. The van der Waals surface area contributed by atoms with Gasteiger partial charge in [0.2, 0.25) is 0 Å². The molecule has 0 unspecified atom stereocenters. The molecule has 25 heavy (non-hydrogen) atoms. The second kappa shape index (κ2) is 7.76. The van der Waals surface area contributed by atoms with Gasteiger partial charge < -0.3 is 14.6 Å². The van der Waals surface area contributed by atoms with Gasteiger partial charge in [-0.1, -0.05) is 0 Å². The number of likely N-dealkylation sites (tertiary alicyclic amines) is 1. The molecule has 1 N–H and O–H groups in total. The summed E-state index contributed by atoms with van der Waals surface area (Å²) in [5, 5.41) is 10.3. The smallest absolute Gasteiger partial charge is 0.163 e. The molecule has 134 valence electrons. The third-order valence-corrected chi connectivity index (χ3v) is 4.52. The van der Waals surface area contributed by atoms with Gasteiger partial charge >= 0.3 is 0 Å². The molecule has 0 amide bonds. The Labute approximate surface area is 146 Å². The molecule has 1 aliphatic heterocycles. The number of benzene rings is 1. The maximum Gasteiger partial charge on any atom is 0.163 e. The van der Waals surface area contributed by atoms with Gasteiger partial charge in [-0.3, -0.25) is 14.9 Å². The monoisotopic (exact) mass is 347 g/mol. The van der Waals surface area contributed by atoms with Gasteiger partial charge in [-0.25, -0.2) is 4.39 Å². The van der Waals surface area contributed by atoms with Crippen LogP contribution in [0.3, 0.4) is 0 Å². The van der Waals surface area contributed by atoms with E-state index in [0.29, 0.717) is 43.1 Å². The van der Waals surface area contributed by atoms with Crippen LogP contribution in [0.1, 0.15) is 11.3 Å². The van der Waals surface area contributed by atoms with Crippen LogP contribution in [0.4, 0.5) is 4.39 Å². The molecule has 1 aliphatic rings. The summed E-state index contributed by atoms with van der Waals surface area (Å²) in [4.78, 5) is 10.3. The number of aliphatic hydroxyl groups excluding tert-OH is 1. The van der Waals surface area contributed by atoms with Crippen LogP contribution in [0.15, 0.2) is 30.7 Å². The van der Waals surface area contributed by atoms with E-state index in [1.54, 1.807) is 24.7 Å². The first kappa shape index (κ1) is 17.6. The summed E-state index contributed by atoms with van der Waals surface area (Å²) in [6.07, 6.45) is 5.17. The molecule has 1 fully saturated rings. The van der Waals surface area contributed by atoms with E-state index in [1.807, 2.05) is 4.90 Å². The largest absolute Gasteiger partial charge is 0.493 e. The highest BCUT2D eigenvalue weighted by Gasteiger charge is 2.32. The van der Waals surface area contributed by atoms with Crippen molar-refractivity contribution in [3.05, 3.63) is 47.8 Å². The van der Waals surface area contributed by atoms with Gasteiger partial charge in [0.1, 0.15) is 5.82 Å². The van der Waals surface area contributed by atoms with Crippen molar-refractivity contribution in [1.29, 1.82) is 0 Å². The Balaban J connectivity index is 1.68. The van der Waals surface area contributed by atoms with E-state index in [1.165, 1.54) is 20.3 Å². The number of β-amino-alcohol motifs (C(OH)–C–C–N with tert-alkyl or cyclic N) is 1. The minimum Gasteiger partial charge on any atom is -0.493 e. The third-order valence-electron chi connectivity index (χ3n) is 4.52. The second-order valence-corrected chi connectivity index (χ2v) is 6.22. The maximum absolute atomic E-state index is 14.3. The zero-order valence-electron chi connectivity index (χ0n) is 14.4. The van der Waals surface area contributed by atoms with Gasteiger partial charge in [-0.05, 0) is 12.5 Å². The Morgan fingerprint density at radius 3 is 2.64 bits per heavy atom. The number of hydrogen-bond donors (Lipinski definition) is 1. The predicted octanol–water partition coefficient (Wildman–Crippen LogP) is 1.67. The summed E-state index contributed by atoms with van der Waals surface area (Å²) < 4.78 is 24.7. The molecule has 0 aliphatic carbocycles. The standard InChI is InChI=1S/C18H22FN3O3/c1-24-17-6-12(15(19)7-18(17)25-2)9-22-10-13(16(23)11-22)5-14-8-20-3-4-21-14/h3-4,6-8,13,16,23H,5,9-11H2,1-2H3/t13-,16-/m1/s1. The van der Waals surface area contributed by atoms with Crippen molar-refractivity contribution in [1.82, 2.24) is 14.9 Å². The fourth-order valence-corrected chi connectivity index (χ4v) is 3.23. The molecule has 2 atom stereocenters. The summed E-state index contributed by atoms with van der Waals surface area (Å²) in [6, 6.07) is 2.98. The van der Waals surface area contributed by atoms with Gasteiger partial charge in [-0.2, -0.15) is 0 Å². The molecular weight excluding hydrogens is 325 g/mol. The molecule has 2 aromatic rings. The zero-order valence-corrected chi connectivity index (χ0v) is 14.4. The van der Waals surface area contributed by atoms with Crippen molar-refractivity contribution in [3.8, 4) is 11.5 Å². The lowest BCUT2D eigenvalue weighted by molar-refractivity contribution is 0.140. The van der Waals surface area contributed by atoms with E-state index in [-0.39, 0.29) is 11.7 Å². The number of methoxy groups -OCH3 is 2. The molecular formula is C18H22FN3O3. The third kappa shape index (κ3) is 4.05. The molecule has 1 aromatic heterocycles. The minimum atomic E-state index is -0.467. The van der Waals surface area contributed by atoms with Crippen molar-refractivity contribution in [2.24, 2.45) is 5.92 Å². The van der Waals surface area contributed by atoms with Crippen LogP contribution in [-0.4, -0.2) is 53.4 Å². The SMILES string of the molecule is COc1cc(F)c(CN2C[C@@H](Cc3cnccn3)[C@H](O)C2)cc1OC. The summed E-state index contributed by atoms with van der Waals surface area (Å²) in [5.41, 5.74) is 1.37. The van der Waals surface area contributed by atoms with Crippen molar-refractivity contribution in [2.75, 3.05) is 27.3 Å². The zero-order chi connectivity index (χ0) is 17.8. The molecule has 0 radical (unpaired) electrons. The van der Waals surface area contributed by atoms with Crippen LogP contribution in [0.5, 0.6) is 11.5 Å². The quantitative estimate of drug-likeness (QED) is 0.857. The lowest BCUT2D eigenvalue weighted by Gasteiger charge is -2.17. The Kier molecular flexibility index (Phi) is 5.45. The fraction of sp³-hybridized carbons (Fsp3) is 0.444. The van der Waals surface area contributed by atoms with Gasteiger partial charge in [-0.15, -0.1) is 0 Å². The van der Waals surface area contributed by atoms with Gasteiger partial charge in [0.15, 0.2) is 11.5 Å². The van der Waals surface area contributed by atoms with Crippen LogP contribution in [0.2, 0.25) is 0 Å². The number of hydrogen-bond acceptors (Lipinski definition) is 6. The number of rotatable bonds is 6. The minimum absolute atomic E-state index is 0.0555. The number of nitrogens with zero attached hydrogens (tertiary/aromatic N) is 3. The van der Waals surface area contributed by atoms with Crippen LogP contribution >= 0.6 is 0 Å². The molecule has 0 bridgehead atoms. The predicted molar refractivity (Wildman–Crippen MR) is 90.0 cm³/mol. The average molecular weight is 347 g/mol. The maximum atomic E-state index is 14.3. The summed E-state index contributed by atoms with van der Waals surface area (Å²) >= 11 is 0. The lowest BCUT2D eigenvalue weighted by atomic mass is 10.0. The second-order valence-electron chi connectivity index (χ2n) is 6.22. The van der Waals surface area contributed by atoms with Crippen molar-refractivity contribution in [2.45, 2.75) is 19.1 Å². The summed E-state index contributed by atoms with van der Waals surface area (Å²) in [5.74, 6) is 0.574. The fourth-order valence-electron chi connectivity index (χ4n) is 3.23. The molecule has 7 heteroatoms. The summed E-state index contributed by atoms with van der Waals surface area (Å²) in [7, 11) is 3.00. The van der Waals surface area contributed by atoms with Crippen molar-refractivity contribution >= 4 is 0 Å². The highest BCUT2D eigenvalue weighted by atomic mass is 19.1. The molecule has 1 aromatic carbocycles. The number of aliphatic hydroxyl groups is 1. The lowest BCUT2D eigenvalue weighted by Crippen LogP contribution is -2.22. The van der Waals surface area contributed by atoms with E-state index in [4.69, 9.17) is 9.47 Å². The topological polar surface area (TPSA) is 67.7 Å². The van der Waals surface area contributed by atoms with Gasteiger partial charge in [0, 0.05) is 55.8 Å². The molecule has 6 nitrogen and oxygen atoms in total. The Morgan fingerprint density at radius 1 is 1.20 bits per heavy atom. The van der Waals surface area contributed by atoms with Crippen LogP contribution in [0.25, 0.3) is 0 Å². The van der Waals surface area contributed by atoms with Crippen LogP contribution < -0.4 is 9.47 Å². The first-order chi connectivity index (χ1) is 12.1. The normalized spacial score (nSPS) is 20.6. The van der Waals surface area contributed by atoms with E-state index in [0.717, 1.165) is 5.69 Å². The Morgan fingerprint density at radius 2 is 1.96 bits per heavy atom. The van der Waals surface area contributed by atoms with E-state index < -0.39 is 6.10 Å². The van der Waals surface area contributed by atoms with Crippen molar-refractivity contribution < 1.29 is 19.0 Å².